The van der Waals surface area contributed by atoms with E-state index in [-0.39, 0.29) is 0 Å². The molecule has 0 aliphatic heterocycles. The maximum atomic E-state index is 5.87. The van der Waals surface area contributed by atoms with Gasteiger partial charge in [0.1, 0.15) is 10.7 Å². The van der Waals surface area contributed by atoms with Crippen LogP contribution >= 0.6 is 11.3 Å². The second-order valence-electron chi connectivity index (χ2n) is 6.39. The third-order valence-corrected chi connectivity index (χ3v) is 5.42. The molecule has 1 saturated carbocycles. The molecule has 6 nitrogen and oxygen atoms in total. The van der Waals surface area contributed by atoms with Crippen LogP contribution in [0.4, 0.5) is 0 Å². The molecule has 0 saturated heterocycles. The summed E-state index contributed by atoms with van der Waals surface area (Å²) in [5, 5.41) is 4.48. The highest BCUT2D eigenvalue weighted by atomic mass is 32.1. The highest BCUT2D eigenvalue weighted by Gasteiger charge is 2.31. The summed E-state index contributed by atoms with van der Waals surface area (Å²) >= 11 is 1.73. The van der Waals surface area contributed by atoms with Crippen molar-refractivity contribution in [1.29, 1.82) is 0 Å². The molecule has 0 bridgehead atoms. The maximum absolute atomic E-state index is 5.87. The Morgan fingerprint density at radius 2 is 2.31 bits per heavy atom. The number of thiazole rings is 1. The number of rotatable bonds is 9. The fourth-order valence-electron chi connectivity index (χ4n) is 2.85. The van der Waals surface area contributed by atoms with Crippen LogP contribution in [-0.4, -0.2) is 32.5 Å². The van der Waals surface area contributed by atoms with E-state index >= 15 is 0 Å². The van der Waals surface area contributed by atoms with Crippen LogP contribution in [0.15, 0.2) is 31.2 Å². The average Bonchev–Trinajstić information content (AvgIpc) is 3.23. The number of nitrogens with zero attached hydrogens (tertiary/aromatic N) is 4. The molecule has 0 radical (unpaired) electrons. The third-order valence-electron chi connectivity index (χ3n) is 4.32. The van der Waals surface area contributed by atoms with Crippen LogP contribution in [0.25, 0.3) is 16.2 Å². The first-order chi connectivity index (χ1) is 12.8. The smallest absolute Gasteiger partial charge is 0.258 e. The number of fused-ring (bicyclic) bond motifs is 1. The SMILES string of the molecule is C=CCCOc1nc(-c2sc(CNCC)nc2C2CC2)cn2ccnc12. The minimum Gasteiger partial charge on any atom is -0.475 e. The summed E-state index contributed by atoms with van der Waals surface area (Å²) in [6, 6.07) is 0. The molecule has 0 spiro atoms. The van der Waals surface area contributed by atoms with E-state index in [2.05, 4.69) is 23.8 Å². The monoisotopic (exact) mass is 369 g/mol. The van der Waals surface area contributed by atoms with Crippen LogP contribution in [0.5, 0.6) is 5.88 Å². The molecule has 1 aliphatic rings. The fraction of sp³-hybridized carbons (Fsp3) is 0.421. The normalized spacial score (nSPS) is 14.0. The van der Waals surface area contributed by atoms with Gasteiger partial charge < -0.3 is 14.5 Å². The molecule has 3 heterocycles. The van der Waals surface area contributed by atoms with Crippen LogP contribution in [-0.2, 0) is 6.54 Å². The van der Waals surface area contributed by atoms with Crippen molar-refractivity contribution in [3.05, 3.63) is 41.9 Å². The van der Waals surface area contributed by atoms with Crippen LogP contribution in [0.2, 0.25) is 0 Å². The Morgan fingerprint density at radius 1 is 1.42 bits per heavy atom. The molecule has 0 aromatic carbocycles. The molecule has 0 unspecified atom stereocenters. The predicted molar refractivity (Wildman–Crippen MR) is 104 cm³/mol. The van der Waals surface area contributed by atoms with E-state index in [9.17, 15) is 0 Å². The summed E-state index contributed by atoms with van der Waals surface area (Å²) in [7, 11) is 0. The first kappa shape index (κ1) is 17.2. The van der Waals surface area contributed by atoms with Crippen LogP contribution in [0, 0.1) is 0 Å². The summed E-state index contributed by atoms with van der Waals surface area (Å²) in [6.07, 6.45) is 10.8. The first-order valence-corrected chi connectivity index (χ1v) is 9.90. The molecule has 1 fully saturated rings. The van der Waals surface area contributed by atoms with Gasteiger partial charge in [-0.1, -0.05) is 13.0 Å². The zero-order chi connectivity index (χ0) is 17.9. The lowest BCUT2D eigenvalue weighted by Crippen LogP contribution is -2.11. The molecule has 1 N–H and O–H groups in total. The van der Waals surface area contributed by atoms with Gasteiger partial charge in [-0.3, -0.25) is 0 Å². The average molecular weight is 369 g/mol. The Morgan fingerprint density at radius 3 is 3.08 bits per heavy atom. The molecule has 1 aliphatic carbocycles. The summed E-state index contributed by atoms with van der Waals surface area (Å²) in [5.41, 5.74) is 2.83. The van der Waals surface area contributed by atoms with Crippen molar-refractivity contribution in [2.45, 2.75) is 38.6 Å². The fourth-order valence-corrected chi connectivity index (χ4v) is 3.92. The van der Waals surface area contributed by atoms with Gasteiger partial charge in [0.25, 0.3) is 5.88 Å². The van der Waals surface area contributed by atoms with Crippen molar-refractivity contribution in [1.82, 2.24) is 24.7 Å². The summed E-state index contributed by atoms with van der Waals surface area (Å²) in [4.78, 5) is 15.2. The third kappa shape index (κ3) is 3.50. The minimum atomic E-state index is 0.548. The summed E-state index contributed by atoms with van der Waals surface area (Å²) in [5.74, 6) is 1.14. The zero-order valence-electron chi connectivity index (χ0n) is 14.9. The second kappa shape index (κ2) is 7.55. The number of hydrogen-bond donors (Lipinski definition) is 1. The van der Waals surface area contributed by atoms with Crippen molar-refractivity contribution in [3.63, 3.8) is 0 Å². The molecule has 136 valence electrons. The quantitative estimate of drug-likeness (QED) is 0.459. The van der Waals surface area contributed by atoms with Crippen molar-refractivity contribution in [2.24, 2.45) is 0 Å². The standard InChI is InChI=1S/C19H23N5OS/c1-3-5-10-25-19-18-21-8-9-24(18)12-14(22-19)17-16(13-6-7-13)23-15(26-17)11-20-4-2/h3,8-9,12-13,20H,1,4-7,10-11H2,2H3. The van der Waals surface area contributed by atoms with Crippen LogP contribution < -0.4 is 10.1 Å². The zero-order valence-corrected chi connectivity index (χ0v) is 15.8. The van der Waals surface area contributed by atoms with Crippen molar-refractivity contribution in [3.8, 4) is 16.5 Å². The highest BCUT2D eigenvalue weighted by Crippen LogP contribution is 2.46. The molecule has 3 aromatic heterocycles. The molecule has 0 atom stereocenters. The van der Waals surface area contributed by atoms with E-state index in [0.29, 0.717) is 18.4 Å². The van der Waals surface area contributed by atoms with Gasteiger partial charge in [0, 0.05) is 31.1 Å². The van der Waals surface area contributed by atoms with Gasteiger partial charge in [-0.25, -0.2) is 15.0 Å². The van der Waals surface area contributed by atoms with Gasteiger partial charge in [-0.15, -0.1) is 17.9 Å². The van der Waals surface area contributed by atoms with Gasteiger partial charge in [-0.2, -0.15) is 0 Å². The van der Waals surface area contributed by atoms with Crippen LogP contribution in [0.1, 0.15) is 42.8 Å². The van der Waals surface area contributed by atoms with Gasteiger partial charge in [0.05, 0.1) is 17.2 Å². The number of aromatic nitrogens is 4. The van der Waals surface area contributed by atoms with E-state index in [4.69, 9.17) is 14.7 Å². The Kier molecular flexibility index (Phi) is 4.99. The largest absolute Gasteiger partial charge is 0.475 e. The molecule has 3 aromatic rings. The number of hydrogen-bond acceptors (Lipinski definition) is 6. The van der Waals surface area contributed by atoms with E-state index in [1.165, 1.54) is 18.5 Å². The predicted octanol–water partition coefficient (Wildman–Crippen LogP) is 3.79. The van der Waals surface area contributed by atoms with E-state index in [1.54, 1.807) is 17.5 Å². The molecular formula is C19H23N5OS. The number of imidazole rings is 1. The van der Waals surface area contributed by atoms with E-state index in [0.717, 1.165) is 40.7 Å². The lowest BCUT2D eigenvalue weighted by atomic mass is 10.2. The van der Waals surface area contributed by atoms with Crippen LogP contribution in [0.3, 0.4) is 0 Å². The van der Waals surface area contributed by atoms with Gasteiger partial charge in [0.15, 0.2) is 0 Å². The maximum Gasteiger partial charge on any atom is 0.258 e. The molecule has 7 heteroatoms. The topological polar surface area (TPSA) is 64.3 Å². The Labute approximate surface area is 157 Å². The summed E-state index contributed by atoms with van der Waals surface area (Å²) in [6.45, 7) is 8.14. The lowest BCUT2D eigenvalue weighted by molar-refractivity contribution is 0.315. The Bertz CT molecular complexity index is 912. The molecule has 4 rings (SSSR count). The Hall–Kier alpha value is -2.25. The summed E-state index contributed by atoms with van der Waals surface area (Å²) < 4.78 is 7.85. The van der Waals surface area contributed by atoms with Gasteiger partial charge in [-0.05, 0) is 25.8 Å². The van der Waals surface area contributed by atoms with Gasteiger partial charge >= 0.3 is 0 Å². The van der Waals surface area contributed by atoms with Gasteiger partial charge in [0.2, 0.25) is 5.65 Å². The lowest BCUT2D eigenvalue weighted by Gasteiger charge is -2.08. The second-order valence-corrected chi connectivity index (χ2v) is 7.48. The Balaban J connectivity index is 1.73. The number of ether oxygens (including phenoxy) is 1. The first-order valence-electron chi connectivity index (χ1n) is 9.08. The minimum absolute atomic E-state index is 0.548. The highest BCUT2D eigenvalue weighted by molar-refractivity contribution is 7.15. The van der Waals surface area contributed by atoms with Crippen molar-refractivity contribution >= 4 is 17.0 Å². The van der Waals surface area contributed by atoms with Crippen molar-refractivity contribution < 1.29 is 4.74 Å². The molecular weight excluding hydrogens is 346 g/mol. The van der Waals surface area contributed by atoms with E-state index in [1.807, 2.05) is 22.9 Å². The van der Waals surface area contributed by atoms with Crippen molar-refractivity contribution in [2.75, 3.05) is 13.2 Å². The molecule has 26 heavy (non-hydrogen) atoms. The van der Waals surface area contributed by atoms with E-state index < -0.39 is 0 Å². The number of nitrogens with one attached hydrogen (secondary N) is 1. The molecule has 0 amide bonds.